The van der Waals surface area contributed by atoms with Gasteiger partial charge in [0.15, 0.2) is 0 Å². The van der Waals surface area contributed by atoms with Gasteiger partial charge in [0.25, 0.3) is 0 Å². The number of hydrogen-bond donors (Lipinski definition) is 0. The van der Waals surface area contributed by atoms with E-state index in [1.165, 1.54) is 29.2 Å². The van der Waals surface area contributed by atoms with Gasteiger partial charge in [-0.3, -0.25) is 9.67 Å². The number of hydrogen-bond acceptors (Lipinski definition) is 2. The summed E-state index contributed by atoms with van der Waals surface area (Å²) >= 11 is 0. The van der Waals surface area contributed by atoms with Crippen molar-refractivity contribution in [2.24, 2.45) is 7.05 Å². The molecule has 16 heavy (non-hydrogen) atoms. The predicted molar refractivity (Wildman–Crippen MR) is 51.4 cm³/mol. The van der Waals surface area contributed by atoms with Crippen molar-refractivity contribution in [1.29, 1.82) is 0 Å². The molecule has 0 aliphatic rings. The van der Waals surface area contributed by atoms with E-state index in [0.717, 1.165) is 6.07 Å². The molecule has 2 heterocycles. The number of halogens is 3. The van der Waals surface area contributed by atoms with E-state index >= 15 is 0 Å². The van der Waals surface area contributed by atoms with E-state index < -0.39 is 11.7 Å². The fraction of sp³-hybridized carbons (Fsp3) is 0.200. The number of alkyl halides is 3. The van der Waals surface area contributed by atoms with Gasteiger partial charge in [-0.1, -0.05) is 0 Å². The predicted octanol–water partition coefficient (Wildman–Crippen LogP) is 2.50. The van der Waals surface area contributed by atoms with E-state index in [0.29, 0.717) is 5.69 Å². The molecule has 0 spiro atoms. The number of pyridine rings is 1. The van der Waals surface area contributed by atoms with Gasteiger partial charge in [-0.2, -0.15) is 18.3 Å². The van der Waals surface area contributed by atoms with Gasteiger partial charge in [-0.05, 0) is 18.2 Å². The summed E-state index contributed by atoms with van der Waals surface area (Å²) in [6, 6.07) is 3.77. The SMILES string of the molecule is Cn1nccc1-c1ncccc1C(F)(F)F. The summed E-state index contributed by atoms with van der Waals surface area (Å²) in [5.41, 5.74) is -0.512. The molecule has 0 aliphatic carbocycles. The van der Waals surface area contributed by atoms with Crippen molar-refractivity contribution in [2.75, 3.05) is 0 Å². The van der Waals surface area contributed by atoms with Crippen LogP contribution in [0.3, 0.4) is 0 Å². The van der Waals surface area contributed by atoms with Crippen LogP contribution in [0.4, 0.5) is 13.2 Å². The molecule has 0 bridgehead atoms. The van der Waals surface area contributed by atoms with Crippen molar-refractivity contribution in [3.63, 3.8) is 0 Å². The van der Waals surface area contributed by atoms with Gasteiger partial charge in [0, 0.05) is 19.4 Å². The standard InChI is InChI=1S/C10H8F3N3/c1-16-8(4-6-15-16)9-7(10(11,12)13)3-2-5-14-9/h2-6H,1H3. The van der Waals surface area contributed by atoms with Gasteiger partial charge in [0.2, 0.25) is 0 Å². The zero-order valence-corrected chi connectivity index (χ0v) is 8.36. The molecule has 2 aromatic rings. The summed E-state index contributed by atoms with van der Waals surface area (Å²) in [4.78, 5) is 3.77. The minimum atomic E-state index is -4.41. The van der Waals surface area contributed by atoms with Crippen molar-refractivity contribution in [1.82, 2.24) is 14.8 Å². The van der Waals surface area contributed by atoms with Crippen LogP contribution in [0.5, 0.6) is 0 Å². The van der Waals surface area contributed by atoms with Crippen LogP contribution in [-0.2, 0) is 13.2 Å². The first kappa shape index (κ1) is 10.7. The van der Waals surface area contributed by atoms with E-state index in [4.69, 9.17) is 0 Å². The van der Waals surface area contributed by atoms with Gasteiger partial charge in [0.1, 0.15) is 5.69 Å². The average Bonchev–Trinajstić information content (AvgIpc) is 2.63. The Labute approximate surface area is 89.5 Å². The normalized spacial score (nSPS) is 11.8. The Hall–Kier alpha value is -1.85. The molecule has 0 saturated carbocycles. The number of nitrogens with zero attached hydrogens (tertiary/aromatic N) is 3. The second kappa shape index (κ2) is 3.62. The minimum absolute atomic E-state index is 0.102. The Morgan fingerprint density at radius 2 is 1.94 bits per heavy atom. The molecule has 84 valence electrons. The second-order valence-corrected chi connectivity index (χ2v) is 3.24. The zero-order chi connectivity index (χ0) is 11.8. The van der Waals surface area contributed by atoms with Crippen LogP contribution in [0.15, 0.2) is 30.6 Å². The van der Waals surface area contributed by atoms with Gasteiger partial charge in [-0.25, -0.2) is 0 Å². The highest BCUT2D eigenvalue weighted by Crippen LogP contribution is 2.35. The summed E-state index contributed by atoms with van der Waals surface area (Å²) in [5.74, 6) is 0. The Kier molecular flexibility index (Phi) is 2.41. The summed E-state index contributed by atoms with van der Waals surface area (Å²) in [7, 11) is 1.57. The maximum absolute atomic E-state index is 12.7. The van der Waals surface area contributed by atoms with Crippen LogP contribution >= 0.6 is 0 Å². The molecule has 0 radical (unpaired) electrons. The van der Waals surface area contributed by atoms with E-state index in [1.807, 2.05) is 0 Å². The van der Waals surface area contributed by atoms with Crippen molar-refractivity contribution in [3.8, 4) is 11.4 Å². The Bertz CT molecular complexity index is 502. The molecule has 6 heteroatoms. The fourth-order valence-electron chi connectivity index (χ4n) is 1.44. The number of aromatic nitrogens is 3. The Morgan fingerprint density at radius 1 is 1.19 bits per heavy atom. The lowest BCUT2D eigenvalue weighted by molar-refractivity contribution is -0.137. The molecular weight excluding hydrogens is 219 g/mol. The molecule has 0 aliphatic heterocycles. The van der Waals surface area contributed by atoms with E-state index in [2.05, 4.69) is 10.1 Å². The van der Waals surface area contributed by atoms with E-state index in [-0.39, 0.29) is 5.69 Å². The molecule has 3 nitrogen and oxygen atoms in total. The highest BCUT2D eigenvalue weighted by molar-refractivity contribution is 5.59. The van der Waals surface area contributed by atoms with E-state index in [1.54, 1.807) is 7.05 Å². The molecule has 2 rings (SSSR count). The van der Waals surface area contributed by atoms with Crippen molar-refractivity contribution < 1.29 is 13.2 Å². The molecule has 0 unspecified atom stereocenters. The highest BCUT2D eigenvalue weighted by atomic mass is 19.4. The number of rotatable bonds is 1. The zero-order valence-electron chi connectivity index (χ0n) is 8.36. The first-order valence-electron chi connectivity index (χ1n) is 4.51. The second-order valence-electron chi connectivity index (χ2n) is 3.24. The van der Waals surface area contributed by atoms with Crippen LogP contribution in [0.25, 0.3) is 11.4 Å². The molecule has 0 N–H and O–H groups in total. The fourth-order valence-corrected chi connectivity index (χ4v) is 1.44. The van der Waals surface area contributed by atoms with Gasteiger partial charge in [0.05, 0.1) is 11.3 Å². The third-order valence-corrected chi connectivity index (χ3v) is 2.18. The molecule has 0 atom stereocenters. The van der Waals surface area contributed by atoms with E-state index in [9.17, 15) is 13.2 Å². The Morgan fingerprint density at radius 3 is 2.50 bits per heavy atom. The van der Waals surface area contributed by atoms with Crippen LogP contribution in [0.1, 0.15) is 5.56 Å². The quantitative estimate of drug-likeness (QED) is 0.749. The first-order chi connectivity index (χ1) is 7.50. The van der Waals surface area contributed by atoms with Gasteiger partial charge < -0.3 is 0 Å². The summed E-state index contributed by atoms with van der Waals surface area (Å²) < 4.78 is 39.5. The molecule has 2 aromatic heterocycles. The maximum Gasteiger partial charge on any atom is 0.418 e. The summed E-state index contributed by atoms with van der Waals surface area (Å²) in [6.45, 7) is 0. The van der Waals surface area contributed by atoms with Crippen molar-refractivity contribution in [2.45, 2.75) is 6.18 Å². The Balaban J connectivity index is 2.62. The topological polar surface area (TPSA) is 30.7 Å². The smallest absolute Gasteiger partial charge is 0.266 e. The lowest BCUT2D eigenvalue weighted by Gasteiger charge is -2.11. The van der Waals surface area contributed by atoms with Crippen LogP contribution in [0.2, 0.25) is 0 Å². The van der Waals surface area contributed by atoms with Gasteiger partial charge >= 0.3 is 6.18 Å². The van der Waals surface area contributed by atoms with Crippen LogP contribution in [0, 0.1) is 0 Å². The highest BCUT2D eigenvalue weighted by Gasteiger charge is 2.34. The minimum Gasteiger partial charge on any atom is -0.266 e. The molecule has 0 fully saturated rings. The lowest BCUT2D eigenvalue weighted by Crippen LogP contribution is -2.09. The van der Waals surface area contributed by atoms with Crippen molar-refractivity contribution >= 4 is 0 Å². The third kappa shape index (κ3) is 1.78. The molecule has 0 aromatic carbocycles. The summed E-state index contributed by atoms with van der Waals surface area (Å²) in [6.07, 6.45) is -1.64. The molecule has 0 amide bonds. The maximum atomic E-state index is 12.7. The first-order valence-corrected chi connectivity index (χ1v) is 4.51. The third-order valence-electron chi connectivity index (χ3n) is 2.18. The van der Waals surface area contributed by atoms with Gasteiger partial charge in [-0.15, -0.1) is 0 Å². The lowest BCUT2D eigenvalue weighted by atomic mass is 10.1. The molecular formula is C10H8F3N3. The van der Waals surface area contributed by atoms with Crippen molar-refractivity contribution in [3.05, 3.63) is 36.2 Å². The average molecular weight is 227 g/mol. The molecule has 0 saturated heterocycles. The monoisotopic (exact) mass is 227 g/mol. The van der Waals surface area contributed by atoms with Crippen LogP contribution in [-0.4, -0.2) is 14.8 Å². The largest absolute Gasteiger partial charge is 0.418 e. The number of aryl methyl sites for hydroxylation is 1. The van der Waals surface area contributed by atoms with Crippen LogP contribution < -0.4 is 0 Å². The summed E-state index contributed by atoms with van der Waals surface area (Å²) in [5, 5.41) is 3.83.